The van der Waals surface area contributed by atoms with Crippen LogP contribution in [0.1, 0.15) is 11.5 Å². The summed E-state index contributed by atoms with van der Waals surface area (Å²) in [7, 11) is -2.11. The molecule has 25 heavy (non-hydrogen) atoms. The molecule has 0 saturated carbocycles. The van der Waals surface area contributed by atoms with E-state index in [1.807, 2.05) is 13.8 Å². The number of nitrogens with zero attached hydrogens (tertiary/aromatic N) is 1. The fraction of sp³-hybridized carbons (Fsp3) is 0.167. The van der Waals surface area contributed by atoms with E-state index >= 15 is 0 Å². The van der Waals surface area contributed by atoms with Gasteiger partial charge in [0, 0.05) is 11.3 Å². The summed E-state index contributed by atoms with van der Waals surface area (Å²) in [6.07, 6.45) is 0. The molecule has 3 rings (SSSR count). The number of aromatic nitrogens is 1. The topological polar surface area (TPSA) is 81.4 Å². The quantitative estimate of drug-likeness (QED) is 0.751. The Kier molecular flexibility index (Phi) is 4.50. The van der Waals surface area contributed by atoms with Gasteiger partial charge in [-0.05, 0) is 55.8 Å². The van der Waals surface area contributed by atoms with E-state index in [1.165, 1.54) is 0 Å². The maximum absolute atomic E-state index is 12.5. The molecule has 0 fully saturated rings. The average Bonchev–Trinajstić information content (AvgIpc) is 2.94. The lowest BCUT2D eigenvalue weighted by atomic mass is 10.0. The Balaban J connectivity index is 1.85. The highest BCUT2D eigenvalue weighted by Crippen LogP contribution is 2.28. The summed E-state index contributed by atoms with van der Waals surface area (Å²) in [6.45, 7) is 3.67. The van der Waals surface area contributed by atoms with Gasteiger partial charge in [-0.15, -0.1) is 0 Å². The SMILES string of the molecule is COc1ccc(NS(=O)(=O)c2ccc(-c3c(C)noc3C)cc2)cc1. The molecular formula is C18H18N2O4S. The molecule has 130 valence electrons. The molecule has 1 N–H and O–H groups in total. The zero-order valence-corrected chi connectivity index (χ0v) is 14.9. The van der Waals surface area contributed by atoms with Crippen LogP contribution < -0.4 is 9.46 Å². The third kappa shape index (κ3) is 3.51. The van der Waals surface area contributed by atoms with Gasteiger partial charge < -0.3 is 9.26 Å². The van der Waals surface area contributed by atoms with Crippen LogP contribution in [0.25, 0.3) is 11.1 Å². The first kappa shape index (κ1) is 17.0. The van der Waals surface area contributed by atoms with Gasteiger partial charge in [-0.25, -0.2) is 8.42 Å². The van der Waals surface area contributed by atoms with E-state index in [-0.39, 0.29) is 4.90 Å². The molecule has 0 spiro atoms. The number of hydrogen-bond donors (Lipinski definition) is 1. The van der Waals surface area contributed by atoms with Gasteiger partial charge >= 0.3 is 0 Å². The van der Waals surface area contributed by atoms with Gasteiger partial charge in [0.15, 0.2) is 0 Å². The van der Waals surface area contributed by atoms with E-state index in [0.29, 0.717) is 17.2 Å². The van der Waals surface area contributed by atoms with Gasteiger partial charge in [0.25, 0.3) is 10.0 Å². The van der Waals surface area contributed by atoms with Crippen molar-refractivity contribution in [2.75, 3.05) is 11.8 Å². The van der Waals surface area contributed by atoms with Crippen molar-refractivity contribution >= 4 is 15.7 Å². The van der Waals surface area contributed by atoms with Crippen molar-refractivity contribution in [3.63, 3.8) is 0 Å². The van der Waals surface area contributed by atoms with Crippen LogP contribution in [-0.4, -0.2) is 20.7 Å². The summed E-state index contributed by atoms with van der Waals surface area (Å²) in [5.74, 6) is 1.36. The highest BCUT2D eigenvalue weighted by atomic mass is 32.2. The number of sulfonamides is 1. The number of nitrogens with one attached hydrogen (secondary N) is 1. The van der Waals surface area contributed by atoms with Crippen LogP contribution in [-0.2, 0) is 10.0 Å². The summed E-state index contributed by atoms with van der Waals surface area (Å²) in [4.78, 5) is 0.179. The lowest BCUT2D eigenvalue weighted by Gasteiger charge is -2.09. The summed E-state index contributed by atoms with van der Waals surface area (Å²) in [5.41, 5.74) is 2.98. The first-order valence-corrected chi connectivity index (χ1v) is 9.09. The van der Waals surface area contributed by atoms with Crippen molar-refractivity contribution in [2.24, 2.45) is 0 Å². The molecule has 2 aromatic carbocycles. The van der Waals surface area contributed by atoms with Crippen molar-refractivity contribution in [1.82, 2.24) is 5.16 Å². The largest absolute Gasteiger partial charge is 0.497 e. The molecule has 6 nitrogen and oxygen atoms in total. The van der Waals surface area contributed by atoms with E-state index < -0.39 is 10.0 Å². The Bertz CT molecular complexity index is 955. The number of ether oxygens (including phenoxy) is 1. The zero-order valence-electron chi connectivity index (χ0n) is 14.1. The second-order valence-electron chi connectivity index (χ2n) is 5.56. The lowest BCUT2D eigenvalue weighted by molar-refractivity contribution is 0.393. The average molecular weight is 358 g/mol. The Hall–Kier alpha value is -2.80. The van der Waals surface area contributed by atoms with Gasteiger partial charge in [0.05, 0.1) is 17.7 Å². The molecule has 0 aliphatic carbocycles. The van der Waals surface area contributed by atoms with E-state index in [2.05, 4.69) is 9.88 Å². The van der Waals surface area contributed by atoms with Crippen LogP contribution in [0.4, 0.5) is 5.69 Å². The maximum Gasteiger partial charge on any atom is 0.261 e. The molecule has 0 bridgehead atoms. The van der Waals surface area contributed by atoms with Crippen molar-refractivity contribution in [3.05, 3.63) is 60.0 Å². The fourth-order valence-electron chi connectivity index (χ4n) is 2.57. The van der Waals surface area contributed by atoms with Gasteiger partial charge in [-0.1, -0.05) is 17.3 Å². The minimum atomic E-state index is -3.67. The van der Waals surface area contributed by atoms with Crippen LogP contribution in [0.2, 0.25) is 0 Å². The number of anilines is 1. The summed E-state index contributed by atoms with van der Waals surface area (Å²) in [6, 6.07) is 13.3. The van der Waals surface area contributed by atoms with E-state index in [9.17, 15) is 8.42 Å². The predicted molar refractivity (Wildman–Crippen MR) is 95.2 cm³/mol. The van der Waals surface area contributed by atoms with Gasteiger partial charge in [0.1, 0.15) is 11.5 Å². The summed E-state index contributed by atoms with van der Waals surface area (Å²) in [5, 5.41) is 3.92. The molecule has 0 amide bonds. The highest BCUT2D eigenvalue weighted by Gasteiger charge is 2.16. The highest BCUT2D eigenvalue weighted by molar-refractivity contribution is 7.92. The number of benzene rings is 2. The Morgan fingerprint density at radius 2 is 1.64 bits per heavy atom. The molecular weight excluding hydrogens is 340 g/mol. The molecule has 0 saturated heterocycles. The molecule has 3 aromatic rings. The van der Waals surface area contributed by atoms with Crippen molar-refractivity contribution < 1.29 is 17.7 Å². The van der Waals surface area contributed by atoms with E-state index in [4.69, 9.17) is 9.26 Å². The molecule has 0 unspecified atom stereocenters. The van der Waals surface area contributed by atoms with Crippen molar-refractivity contribution in [1.29, 1.82) is 0 Å². The Labute approximate surface area is 146 Å². The number of aryl methyl sites for hydroxylation is 2. The standard InChI is InChI=1S/C18H18N2O4S/c1-12-18(13(2)24-19-12)14-4-10-17(11-5-14)25(21,22)20-15-6-8-16(23-3)9-7-15/h4-11,20H,1-3H3. The first-order chi connectivity index (χ1) is 11.9. The number of hydrogen-bond acceptors (Lipinski definition) is 5. The molecule has 7 heteroatoms. The van der Waals surface area contributed by atoms with E-state index in [0.717, 1.165) is 16.8 Å². The normalized spacial score (nSPS) is 11.3. The smallest absolute Gasteiger partial charge is 0.261 e. The molecule has 0 aliphatic heterocycles. The minimum absolute atomic E-state index is 0.179. The Morgan fingerprint density at radius 3 is 2.16 bits per heavy atom. The van der Waals surface area contributed by atoms with Crippen LogP contribution in [0.3, 0.4) is 0 Å². The maximum atomic E-state index is 12.5. The third-order valence-corrected chi connectivity index (χ3v) is 5.23. The van der Waals surface area contributed by atoms with Gasteiger partial charge in [-0.2, -0.15) is 0 Å². The second kappa shape index (κ2) is 6.60. The number of rotatable bonds is 5. The first-order valence-electron chi connectivity index (χ1n) is 7.61. The van der Waals surface area contributed by atoms with Crippen LogP contribution in [0.5, 0.6) is 5.75 Å². The third-order valence-electron chi connectivity index (χ3n) is 3.83. The van der Waals surface area contributed by atoms with E-state index in [1.54, 1.807) is 55.6 Å². The summed E-state index contributed by atoms with van der Waals surface area (Å²) >= 11 is 0. The molecule has 1 heterocycles. The molecule has 1 aromatic heterocycles. The molecule has 0 atom stereocenters. The fourth-order valence-corrected chi connectivity index (χ4v) is 3.63. The zero-order chi connectivity index (χ0) is 18.0. The van der Waals surface area contributed by atoms with Crippen molar-refractivity contribution in [3.8, 4) is 16.9 Å². The monoisotopic (exact) mass is 358 g/mol. The summed E-state index contributed by atoms with van der Waals surface area (Å²) < 4.78 is 37.8. The van der Waals surface area contributed by atoms with Crippen LogP contribution in [0, 0.1) is 13.8 Å². The van der Waals surface area contributed by atoms with Crippen molar-refractivity contribution in [2.45, 2.75) is 18.7 Å². The predicted octanol–water partition coefficient (Wildman–Crippen LogP) is 3.77. The Morgan fingerprint density at radius 1 is 1.00 bits per heavy atom. The lowest BCUT2D eigenvalue weighted by Crippen LogP contribution is -2.12. The van der Waals surface area contributed by atoms with Gasteiger partial charge in [-0.3, -0.25) is 4.72 Å². The number of methoxy groups -OCH3 is 1. The van der Waals surface area contributed by atoms with Crippen LogP contribution >= 0.6 is 0 Å². The second-order valence-corrected chi connectivity index (χ2v) is 7.24. The van der Waals surface area contributed by atoms with Gasteiger partial charge in [0.2, 0.25) is 0 Å². The molecule has 0 radical (unpaired) electrons. The molecule has 0 aliphatic rings. The minimum Gasteiger partial charge on any atom is -0.497 e. The van der Waals surface area contributed by atoms with Crippen LogP contribution in [0.15, 0.2) is 57.9 Å².